The second-order valence-electron chi connectivity index (χ2n) is 6.83. The van der Waals surface area contributed by atoms with Crippen LogP contribution >= 0.6 is 0 Å². The summed E-state index contributed by atoms with van der Waals surface area (Å²) >= 11 is 0. The second kappa shape index (κ2) is 5.67. The summed E-state index contributed by atoms with van der Waals surface area (Å²) in [5.41, 5.74) is 2.36. The summed E-state index contributed by atoms with van der Waals surface area (Å²) in [6.07, 6.45) is 11.8. The first-order valence-corrected chi connectivity index (χ1v) is 8.50. The fourth-order valence-corrected chi connectivity index (χ4v) is 4.45. The van der Waals surface area contributed by atoms with Crippen LogP contribution in [-0.2, 0) is 0 Å². The minimum Gasteiger partial charge on any atom is -0.382 e. The fraction of sp³-hybridized carbons (Fsp3) is 0.526. The fourth-order valence-electron chi connectivity index (χ4n) is 4.45. The molecule has 0 saturated heterocycles. The van der Waals surface area contributed by atoms with Crippen LogP contribution < -0.4 is 5.32 Å². The van der Waals surface area contributed by atoms with Gasteiger partial charge in [-0.2, -0.15) is 0 Å². The van der Waals surface area contributed by atoms with Gasteiger partial charge in [0.25, 0.3) is 0 Å². The molecule has 0 radical (unpaired) electrons. The smallest absolute Gasteiger partial charge is 0.0722 e. The lowest BCUT2D eigenvalue weighted by Crippen LogP contribution is -2.34. The highest BCUT2D eigenvalue weighted by Gasteiger charge is 2.32. The minimum atomic E-state index is 0.648. The molecule has 0 amide bonds. The van der Waals surface area contributed by atoms with Crippen molar-refractivity contribution in [3.05, 3.63) is 36.5 Å². The van der Waals surface area contributed by atoms with Crippen LogP contribution in [0.4, 0.5) is 5.69 Å². The predicted octanol–water partition coefficient (Wildman–Crippen LogP) is 5.01. The van der Waals surface area contributed by atoms with Crippen LogP contribution in [0.5, 0.6) is 0 Å². The molecule has 2 heteroatoms. The van der Waals surface area contributed by atoms with E-state index in [1.807, 2.05) is 12.3 Å². The van der Waals surface area contributed by atoms with Crippen LogP contribution in [0.2, 0.25) is 0 Å². The third-order valence-electron chi connectivity index (χ3n) is 5.54. The zero-order chi connectivity index (χ0) is 14.1. The van der Waals surface area contributed by atoms with Gasteiger partial charge < -0.3 is 5.32 Å². The highest BCUT2D eigenvalue weighted by Crippen LogP contribution is 2.41. The van der Waals surface area contributed by atoms with Crippen molar-refractivity contribution in [1.29, 1.82) is 0 Å². The summed E-state index contributed by atoms with van der Waals surface area (Å²) in [6.45, 7) is 0. The summed E-state index contributed by atoms with van der Waals surface area (Å²) < 4.78 is 0. The molecule has 2 fully saturated rings. The van der Waals surface area contributed by atoms with Gasteiger partial charge >= 0.3 is 0 Å². The Kier molecular flexibility index (Phi) is 3.54. The van der Waals surface area contributed by atoms with Gasteiger partial charge in [-0.25, -0.2) is 0 Å². The van der Waals surface area contributed by atoms with Crippen molar-refractivity contribution in [1.82, 2.24) is 4.98 Å². The van der Waals surface area contributed by atoms with E-state index < -0.39 is 0 Å². The molecule has 4 rings (SSSR count). The normalized spacial score (nSPS) is 29.0. The lowest BCUT2D eigenvalue weighted by Gasteiger charge is -2.40. The third kappa shape index (κ3) is 2.64. The van der Waals surface area contributed by atoms with E-state index in [2.05, 4.69) is 34.6 Å². The number of hydrogen-bond acceptors (Lipinski definition) is 2. The molecule has 3 unspecified atom stereocenters. The summed E-state index contributed by atoms with van der Waals surface area (Å²) in [5, 5.41) is 5.07. The molecule has 2 saturated carbocycles. The highest BCUT2D eigenvalue weighted by molar-refractivity contribution is 5.91. The predicted molar refractivity (Wildman–Crippen MR) is 88.5 cm³/mol. The Morgan fingerprint density at radius 1 is 0.905 bits per heavy atom. The van der Waals surface area contributed by atoms with E-state index in [1.54, 1.807) is 0 Å². The molecule has 21 heavy (non-hydrogen) atoms. The quantitative estimate of drug-likeness (QED) is 0.836. The molecule has 1 aromatic carbocycles. The molecule has 2 aliphatic rings. The Morgan fingerprint density at radius 2 is 1.81 bits per heavy atom. The number of pyridine rings is 1. The topological polar surface area (TPSA) is 24.9 Å². The maximum Gasteiger partial charge on any atom is 0.0722 e. The van der Waals surface area contributed by atoms with E-state index in [9.17, 15) is 0 Å². The summed E-state index contributed by atoms with van der Waals surface area (Å²) in [4.78, 5) is 4.46. The summed E-state index contributed by atoms with van der Waals surface area (Å²) in [5.74, 6) is 1.99. The van der Waals surface area contributed by atoms with Crippen LogP contribution in [0.3, 0.4) is 0 Å². The molecule has 3 atom stereocenters. The van der Waals surface area contributed by atoms with E-state index in [0.29, 0.717) is 6.04 Å². The molecule has 0 aliphatic heterocycles. The van der Waals surface area contributed by atoms with Gasteiger partial charge in [-0.1, -0.05) is 31.7 Å². The zero-order valence-corrected chi connectivity index (χ0v) is 12.6. The molecule has 110 valence electrons. The number of rotatable bonds is 2. The molecule has 2 aliphatic carbocycles. The number of benzene rings is 1. The van der Waals surface area contributed by atoms with Crippen molar-refractivity contribution in [2.75, 3.05) is 5.32 Å². The van der Waals surface area contributed by atoms with Gasteiger partial charge in [0.2, 0.25) is 0 Å². The monoisotopic (exact) mass is 280 g/mol. The van der Waals surface area contributed by atoms with Crippen LogP contribution in [0.15, 0.2) is 36.5 Å². The first-order valence-electron chi connectivity index (χ1n) is 8.50. The average Bonchev–Trinajstić information content (AvgIpc) is 2.55. The number of fused-ring (bicyclic) bond motifs is 2. The molecule has 2 aromatic rings. The lowest BCUT2D eigenvalue weighted by atomic mass is 9.69. The lowest BCUT2D eigenvalue weighted by molar-refractivity contribution is 0.162. The average molecular weight is 280 g/mol. The first-order chi connectivity index (χ1) is 10.4. The van der Waals surface area contributed by atoms with Gasteiger partial charge in [-0.05, 0) is 55.4 Å². The number of nitrogens with one attached hydrogen (secondary N) is 1. The standard InChI is InChI=1S/C19H24N2/c1-2-6-15-13-16(11-10-14(15)5-1)21-19-9-3-8-18-17(19)7-4-12-20-18/h3-4,7-9,12,14-16,21H,1-2,5-6,10-11,13H2. The SMILES string of the molecule is c1cc(NC2CCC3CCCCC3C2)c2cccnc2c1. The van der Waals surface area contributed by atoms with Crippen molar-refractivity contribution in [3.8, 4) is 0 Å². The van der Waals surface area contributed by atoms with Crippen LogP contribution in [0.1, 0.15) is 44.9 Å². The molecular formula is C19H24N2. The second-order valence-corrected chi connectivity index (χ2v) is 6.83. The van der Waals surface area contributed by atoms with Crippen LogP contribution in [0.25, 0.3) is 10.9 Å². The Hall–Kier alpha value is -1.57. The van der Waals surface area contributed by atoms with Gasteiger partial charge in [0, 0.05) is 23.3 Å². The summed E-state index contributed by atoms with van der Waals surface area (Å²) in [7, 11) is 0. The Balaban J connectivity index is 1.52. The van der Waals surface area contributed by atoms with Crippen LogP contribution in [-0.4, -0.2) is 11.0 Å². The maximum absolute atomic E-state index is 4.46. The van der Waals surface area contributed by atoms with Gasteiger partial charge in [0.05, 0.1) is 5.52 Å². The molecule has 1 heterocycles. The molecule has 2 nitrogen and oxygen atoms in total. The Bertz CT molecular complexity index is 616. The van der Waals surface area contributed by atoms with Gasteiger partial charge in [0.15, 0.2) is 0 Å². The van der Waals surface area contributed by atoms with E-state index in [4.69, 9.17) is 0 Å². The van der Waals surface area contributed by atoms with Gasteiger partial charge in [-0.3, -0.25) is 4.98 Å². The number of aromatic nitrogens is 1. The summed E-state index contributed by atoms with van der Waals surface area (Å²) in [6, 6.07) is 11.3. The number of anilines is 1. The first kappa shape index (κ1) is 13.1. The zero-order valence-electron chi connectivity index (χ0n) is 12.6. The van der Waals surface area contributed by atoms with Gasteiger partial charge in [0.1, 0.15) is 0 Å². The molecule has 1 N–H and O–H groups in total. The van der Waals surface area contributed by atoms with Crippen LogP contribution in [0, 0.1) is 11.8 Å². The van der Waals surface area contributed by atoms with E-state index in [-0.39, 0.29) is 0 Å². The number of hydrogen-bond donors (Lipinski definition) is 1. The van der Waals surface area contributed by atoms with E-state index in [0.717, 1.165) is 17.4 Å². The molecular weight excluding hydrogens is 256 g/mol. The maximum atomic E-state index is 4.46. The highest BCUT2D eigenvalue weighted by atomic mass is 14.9. The Morgan fingerprint density at radius 3 is 2.76 bits per heavy atom. The van der Waals surface area contributed by atoms with E-state index >= 15 is 0 Å². The molecule has 0 bridgehead atoms. The number of nitrogens with zero attached hydrogens (tertiary/aromatic N) is 1. The van der Waals surface area contributed by atoms with Crippen molar-refractivity contribution in [3.63, 3.8) is 0 Å². The third-order valence-corrected chi connectivity index (χ3v) is 5.54. The minimum absolute atomic E-state index is 0.648. The molecule has 0 spiro atoms. The van der Waals surface area contributed by atoms with Crippen molar-refractivity contribution >= 4 is 16.6 Å². The Labute approximate surface area is 127 Å². The molecule has 1 aromatic heterocycles. The van der Waals surface area contributed by atoms with E-state index in [1.165, 1.54) is 56.0 Å². The van der Waals surface area contributed by atoms with Crippen molar-refractivity contribution < 1.29 is 0 Å². The van der Waals surface area contributed by atoms with Crippen molar-refractivity contribution in [2.24, 2.45) is 11.8 Å². The van der Waals surface area contributed by atoms with Gasteiger partial charge in [-0.15, -0.1) is 0 Å². The largest absolute Gasteiger partial charge is 0.382 e. The van der Waals surface area contributed by atoms with Crippen molar-refractivity contribution in [2.45, 2.75) is 51.0 Å².